The van der Waals surface area contributed by atoms with E-state index in [-0.39, 0.29) is 0 Å². The van der Waals surface area contributed by atoms with Crippen molar-refractivity contribution in [2.24, 2.45) is 5.92 Å². The quantitative estimate of drug-likeness (QED) is 0.346. The number of carbonyl (C=O) groups excluding carboxylic acids is 1. The van der Waals surface area contributed by atoms with Crippen LogP contribution in [0, 0.1) is 5.92 Å². The molecule has 1 aliphatic carbocycles. The standard InChI is InChI=1S/C22H28N2OS/c1-16(2)12-18(14-23(3)15-25)21-13-19-20(6-5-7-22(19)26-4)24(21)11-10-17-8-9-17/h5-7,12-15,17H,8-11H2,1-4H3/b18-14+. The highest BCUT2D eigenvalue weighted by Gasteiger charge is 2.22. The number of carbonyl (C=O) groups is 1. The molecule has 1 aromatic heterocycles. The van der Waals surface area contributed by atoms with E-state index in [1.807, 2.05) is 6.20 Å². The van der Waals surface area contributed by atoms with Crippen LogP contribution < -0.4 is 0 Å². The van der Waals surface area contributed by atoms with E-state index in [1.54, 1.807) is 23.7 Å². The molecule has 0 saturated heterocycles. The molecule has 3 nitrogen and oxygen atoms in total. The summed E-state index contributed by atoms with van der Waals surface area (Å²) in [6.45, 7) is 5.22. The van der Waals surface area contributed by atoms with Gasteiger partial charge < -0.3 is 9.47 Å². The molecule has 0 atom stereocenters. The second kappa shape index (κ2) is 8.17. The Bertz CT molecular complexity index is 854. The smallest absolute Gasteiger partial charge is 0.213 e. The van der Waals surface area contributed by atoms with E-state index in [9.17, 15) is 4.79 Å². The second-order valence-corrected chi connectivity index (χ2v) is 8.23. The van der Waals surface area contributed by atoms with Gasteiger partial charge in [0.1, 0.15) is 0 Å². The third-order valence-electron chi connectivity index (χ3n) is 4.83. The zero-order valence-electron chi connectivity index (χ0n) is 16.2. The van der Waals surface area contributed by atoms with Gasteiger partial charge in [0, 0.05) is 41.2 Å². The minimum atomic E-state index is 0.851. The number of hydrogen-bond acceptors (Lipinski definition) is 2. The van der Waals surface area contributed by atoms with Crippen LogP contribution in [0.5, 0.6) is 0 Å². The molecule has 0 bridgehead atoms. The first-order valence-corrected chi connectivity index (χ1v) is 10.5. The summed E-state index contributed by atoms with van der Waals surface area (Å²) in [5.74, 6) is 0.887. The molecule has 1 fully saturated rings. The minimum Gasteiger partial charge on any atom is -0.340 e. The van der Waals surface area contributed by atoms with Gasteiger partial charge in [0.25, 0.3) is 0 Å². The van der Waals surface area contributed by atoms with Crippen molar-refractivity contribution in [2.45, 2.75) is 44.6 Å². The summed E-state index contributed by atoms with van der Waals surface area (Å²) in [6, 6.07) is 8.84. The van der Waals surface area contributed by atoms with Gasteiger partial charge in [0.05, 0.1) is 5.69 Å². The zero-order chi connectivity index (χ0) is 18.7. The Labute approximate surface area is 160 Å². The molecule has 0 radical (unpaired) electrons. The Kier molecular flexibility index (Phi) is 5.92. The average molecular weight is 369 g/mol. The van der Waals surface area contributed by atoms with Crippen LogP contribution in [-0.2, 0) is 11.3 Å². The monoisotopic (exact) mass is 368 g/mol. The van der Waals surface area contributed by atoms with E-state index in [2.05, 4.69) is 55.0 Å². The van der Waals surface area contributed by atoms with Crippen LogP contribution in [0.25, 0.3) is 16.5 Å². The summed E-state index contributed by atoms with van der Waals surface area (Å²) < 4.78 is 2.44. The first kappa shape index (κ1) is 18.8. The molecular formula is C22H28N2OS. The Hall–Kier alpha value is -1.94. The fourth-order valence-corrected chi connectivity index (χ4v) is 3.97. The first-order valence-electron chi connectivity index (χ1n) is 9.24. The van der Waals surface area contributed by atoms with E-state index in [1.165, 1.54) is 46.3 Å². The third-order valence-corrected chi connectivity index (χ3v) is 5.63. The van der Waals surface area contributed by atoms with Crippen LogP contribution >= 0.6 is 11.8 Å². The largest absolute Gasteiger partial charge is 0.340 e. The highest BCUT2D eigenvalue weighted by Crippen LogP contribution is 2.36. The van der Waals surface area contributed by atoms with Crippen molar-refractivity contribution in [1.29, 1.82) is 0 Å². The first-order chi connectivity index (χ1) is 12.5. The topological polar surface area (TPSA) is 25.2 Å². The lowest BCUT2D eigenvalue weighted by Gasteiger charge is -2.14. The van der Waals surface area contributed by atoms with Crippen LogP contribution in [0.4, 0.5) is 0 Å². The molecule has 0 N–H and O–H groups in total. The second-order valence-electron chi connectivity index (χ2n) is 7.38. The highest BCUT2D eigenvalue weighted by molar-refractivity contribution is 7.98. The normalized spacial score (nSPS) is 14.5. The predicted octanol–water partition coefficient (Wildman–Crippen LogP) is 5.56. The Morgan fingerprint density at radius 3 is 2.73 bits per heavy atom. The number of aromatic nitrogens is 1. The molecule has 4 heteroatoms. The number of amides is 1. The summed E-state index contributed by atoms with van der Waals surface area (Å²) in [7, 11) is 1.79. The van der Waals surface area contributed by atoms with Crippen molar-refractivity contribution in [3.63, 3.8) is 0 Å². The molecule has 0 spiro atoms. The van der Waals surface area contributed by atoms with Gasteiger partial charge in [-0.1, -0.05) is 30.6 Å². The summed E-state index contributed by atoms with van der Waals surface area (Å²) in [5, 5.41) is 1.30. The summed E-state index contributed by atoms with van der Waals surface area (Å²) in [6.07, 6.45) is 11.0. The maximum absolute atomic E-state index is 11.2. The van der Waals surface area contributed by atoms with Crippen molar-refractivity contribution >= 4 is 34.6 Å². The summed E-state index contributed by atoms with van der Waals surface area (Å²) in [5.41, 5.74) is 4.78. The average Bonchev–Trinajstić information content (AvgIpc) is 3.37. The molecule has 1 amide bonds. The van der Waals surface area contributed by atoms with E-state index >= 15 is 0 Å². The predicted molar refractivity (Wildman–Crippen MR) is 112 cm³/mol. The van der Waals surface area contributed by atoms with E-state index in [0.717, 1.165) is 24.4 Å². The molecule has 0 unspecified atom stereocenters. The maximum atomic E-state index is 11.2. The van der Waals surface area contributed by atoms with Crippen molar-refractivity contribution in [3.8, 4) is 0 Å². The molecule has 1 aliphatic rings. The van der Waals surface area contributed by atoms with E-state index < -0.39 is 0 Å². The number of aryl methyl sites for hydroxylation is 1. The van der Waals surface area contributed by atoms with Gasteiger partial charge in [-0.25, -0.2) is 0 Å². The van der Waals surface area contributed by atoms with Crippen LogP contribution in [0.15, 0.2) is 47.0 Å². The fourth-order valence-electron chi connectivity index (χ4n) is 3.37. The van der Waals surface area contributed by atoms with Gasteiger partial charge in [-0.2, -0.15) is 0 Å². The third kappa shape index (κ3) is 4.24. The summed E-state index contributed by atoms with van der Waals surface area (Å²) >= 11 is 1.79. The zero-order valence-corrected chi connectivity index (χ0v) is 17.0. The molecule has 26 heavy (non-hydrogen) atoms. The highest BCUT2D eigenvalue weighted by atomic mass is 32.2. The lowest BCUT2D eigenvalue weighted by atomic mass is 10.1. The van der Waals surface area contributed by atoms with Gasteiger partial charge in [-0.05, 0) is 50.6 Å². The van der Waals surface area contributed by atoms with Crippen LogP contribution in [0.1, 0.15) is 38.8 Å². The van der Waals surface area contributed by atoms with Crippen LogP contribution in [0.2, 0.25) is 0 Å². The molecule has 1 saturated carbocycles. The molecule has 2 aromatic rings. The maximum Gasteiger partial charge on any atom is 0.213 e. The van der Waals surface area contributed by atoms with Gasteiger partial charge in [0.2, 0.25) is 6.41 Å². The number of allylic oxidation sites excluding steroid dienone is 3. The SMILES string of the molecule is CSc1cccc2c1cc(/C(C=C(C)C)=C/N(C)C=O)n2CCC1CC1. The Balaban J connectivity index is 2.16. The van der Waals surface area contributed by atoms with Gasteiger partial charge >= 0.3 is 0 Å². The number of hydrogen-bond donors (Lipinski definition) is 0. The van der Waals surface area contributed by atoms with Crippen molar-refractivity contribution < 1.29 is 4.79 Å². The molecule has 138 valence electrons. The van der Waals surface area contributed by atoms with Gasteiger partial charge in [0.15, 0.2) is 0 Å². The van der Waals surface area contributed by atoms with Crippen LogP contribution in [-0.4, -0.2) is 29.2 Å². The number of rotatable bonds is 8. The van der Waals surface area contributed by atoms with Crippen molar-refractivity contribution in [1.82, 2.24) is 9.47 Å². The number of fused-ring (bicyclic) bond motifs is 1. The Morgan fingerprint density at radius 1 is 1.35 bits per heavy atom. The molecule has 1 heterocycles. The number of thioether (sulfide) groups is 1. The lowest BCUT2D eigenvalue weighted by molar-refractivity contribution is -0.114. The molecule has 0 aliphatic heterocycles. The van der Waals surface area contributed by atoms with E-state index in [4.69, 9.17) is 0 Å². The summed E-state index contributed by atoms with van der Waals surface area (Å²) in [4.78, 5) is 14.1. The molecular weight excluding hydrogens is 340 g/mol. The fraction of sp³-hybridized carbons (Fsp3) is 0.409. The van der Waals surface area contributed by atoms with E-state index in [0.29, 0.717) is 0 Å². The Morgan fingerprint density at radius 2 is 2.12 bits per heavy atom. The molecule has 3 rings (SSSR count). The van der Waals surface area contributed by atoms with Gasteiger partial charge in [-0.3, -0.25) is 4.79 Å². The number of nitrogens with zero attached hydrogens (tertiary/aromatic N) is 2. The van der Waals surface area contributed by atoms with Crippen molar-refractivity contribution in [3.05, 3.63) is 47.8 Å². The lowest BCUT2D eigenvalue weighted by Crippen LogP contribution is -2.09. The molecule has 1 aromatic carbocycles. The van der Waals surface area contributed by atoms with Gasteiger partial charge in [-0.15, -0.1) is 11.8 Å². The van der Waals surface area contributed by atoms with Crippen LogP contribution in [0.3, 0.4) is 0 Å². The number of benzene rings is 1. The minimum absolute atomic E-state index is 0.851. The van der Waals surface area contributed by atoms with Crippen molar-refractivity contribution in [2.75, 3.05) is 13.3 Å².